The number of para-hydroxylation sites is 1. The second kappa shape index (κ2) is 9.54. The Balaban J connectivity index is 1.63. The van der Waals surface area contributed by atoms with E-state index in [1.165, 1.54) is 0 Å². The Kier molecular flexibility index (Phi) is 6.59. The first-order chi connectivity index (χ1) is 15.0. The molecule has 6 heteroatoms. The Hall–Kier alpha value is -2.83. The van der Waals surface area contributed by atoms with Crippen molar-refractivity contribution in [2.45, 2.75) is 45.9 Å². The van der Waals surface area contributed by atoms with Crippen molar-refractivity contribution in [1.82, 2.24) is 10.1 Å². The molecule has 0 radical (unpaired) electrons. The molecule has 1 saturated heterocycles. The largest absolute Gasteiger partial charge is 0.496 e. The van der Waals surface area contributed by atoms with Crippen molar-refractivity contribution < 1.29 is 19.1 Å². The van der Waals surface area contributed by atoms with Gasteiger partial charge in [0.15, 0.2) is 0 Å². The molecule has 1 N–H and O–H groups in total. The standard InChI is InChI=1S/C25H30N2O4/c1-17-23(18(2)31-26-17)16-30-24-9-8-19(22-6-4-5-7-25(22)29-3)14-20(24)15-27-12-10-21(28)11-13-27/h4-9,14,21,28H,10-13,15-16H2,1-3H3. The lowest BCUT2D eigenvalue weighted by molar-refractivity contribution is 0.0787. The summed E-state index contributed by atoms with van der Waals surface area (Å²) in [5.41, 5.74) is 5.11. The molecule has 0 amide bonds. The monoisotopic (exact) mass is 422 g/mol. The predicted octanol–water partition coefficient (Wildman–Crippen LogP) is 4.50. The third-order valence-electron chi connectivity index (χ3n) is 5.98. The Bertz CT molecular complexity index is 1000. The van der Waals surface area contributed by atoms with Gasteiger partial charge >= 0.3 is 0 Å². The lowest BCUT2D eigenvalue weighted by Gasteiger charge is -2.30. The van der Waals surface area contributed by atoms with E-state index in [9.17, 15) is 5.11 Å². The molecule has 1 aliphatic rings. The highest BCUT2D eigenvalue weighted by Crippen LogP contribution is 2.34. The zero-order valence-electron chi connectivity index (χ0n) is 18.4. The minimum atomic E-state index is -0.188. The van der Waals surface area contributed by atoms with Crippen LogP contribution in [0.15, 0.2) is 47.0 Å². The molecule has 31 heavy (non-hydrogen) atoms. The van der Waals surface area contributed by atoms with Crippen molar-refractivity contribution >= 4 is 0 Å². The van der Waals surface area contributed by atoms with Crippen LogP contribution in [0.25, 0.3) is 11.1 Å². The van der Waals surface area contributed by atoms with Crippen LogP contribution in [0, 0.1) is 13.8 Å². The van der Waals surface area contributed by atoms with Crippen LogP contribution >= 0.6 is 0 Å². The molecule has 1 aromatic heterocycles. The molecule has 0 unspecified atom stereocenters. The lowest BCUT2D eigenvalue weighted by Crippen LogP contribution is -2.35. The average molecular weight is 423 g/mol. The van der Waals surface area contributed by atoms with Crippen LogP contribution in [0.3, 0.4) is 0 Å². The smallest absolute Gasteiger partial charge is 0.140 e. The summed E-state index contributed by atoms with van der Waals surface area (Å²) in [5, 5.41) is 13.9. The number of methoxy groups -OCH3 is 1. The fourth-order valence-corrected chi connectivity index (χ4v) is 4.07. The highest BCUT2D eigenvalue weighted by Gasteiger charge is 2.20. The molecular weight excluding hydrogens is 392 g/mol. The maximum Gasteiger partial charge on any atom is 0.140 e. The van der Waals surface area contributed by atoms with Crippen molar-refractivity contribution in [1.29, 1.82) is 0 Å². The first-order valence-corrected chi connectivity index (χ1v) is 10.8. The summed E-state index contributed by atoms with van der Waals surface area (Å²) >= 11 is 0. The SMILES string of the molecule is COc1ccccc1-c1ccc(OCc2c(C)noc2C)c(CN2CCC(O)CC2)c1. The van der Waals surface area contributed by atoms with E-state index in [4.69, 9.17) is 14.0 Å². The quantitative estimate of drug-likeness (QED) is 0.605. The lowest BCUT2D eigenvalue weighted by atomic mass is 10.00. The van der Waals surface area contributed by atoms with Crippen molar-refractivity contribution in [3.63, 3.8) is 0 Å². The molecule has 0 bridgehead atoms. The number of ether oxygens (including phenoxy) is 2. The number of rotatable bonds is 7. The number of piperidine rings is 1. The van der Waals surface area contributed by atoms with Crippen LogP contribution < -0.4 is 9.47 Å². The molecule has 0 saturated carbocycles. The summed E-state index contributed by atoms with van der Waals surface area (Å²) in [6.45, 7) is 6.78. The third kappa shape index (κ3) is 4.92. The third-order valence-corrected chi connectivity index (χ3v) is 5.98. The van der Waals surface area contributed by atoms with E-state index in [-0.39, 0.29) is 6.10 Å². The molecule has 164 valence electrons. The summed E-state index contributed by atoms with van der Waals surface area (Å²) in [5.74, 6) is 2.48. The summed E-state index contributed by atoms with van der Waals surface area (Å²) < 4.78 is 17.1. The van der Waals surface area contributed by atoms with Gasteiger partial charge in [0, 0.05) is 30.8 Å². The van der Waals surface area contributed by atoms with Gasteiger partial charge in [-0.25, -0.2) is 0 Å². The number of aliphatic hydroxyl groups excluding tert-OH is 1. The topological polar surface area (TPSA) is 68.0 Å². The maximum atomic E-state index is 9.86. The van der Waals surface area contributed by atoms with Gasteiger partial charge in [-0.1, -0.05) is 29.4 Å². The summed E-state index contributed by atoms with van der Waals surface area (Å²) in [6.07, 6.45) is 1.43. The number of likely N-dealkylation sites (tertiary alicyclic amines) is 1. The van der Waals surface area contributed by atoms with Gasteiger partial charge in [-0.15, -0.1) is 0 Å². The van der Waals surface area contributed by atoms with E-state index >= 15 is 0 Å². The Morgan fingerprint density at radius 1 is 1.10 bits per heavy atom. The number of benzene rings is 2. The van der Waals surface area contributed by atoms with Crippen molar-refractivity contribution in [2.75, 3.05) is 20.2 Å². The number of aryl methyl sites for hydroxylation is 2. The summed E-state index contributed by atoms with van der Waals surface area (Å²) in [6, 6.07) is 14.3. The summed E-state index contributed by atoms with van der Waals surface area (Å²) in [7, 11) is 1.69. The second-order valence-electron chi connectivity index (χ2n) is 8.12. The molecule has 0 aliphatic carbocycles. The van der Waals surface area contributed by atoms with E-state index in [0.717, 1.165) is 77.7 Å². The maximum absolute atomic E-state index is 9.86. The first-order valence-electron chi connectivity index (χ1n) is 10.8. The molecule has 1 aliphatic heterocycles. The minimum Gasteiger partial charge on any atom is -0.496 e. The number of nitrogens with zero attached hydrogens (tertiary/aromatic N) is 2. The van der Waals surface area contributed by atoms with Gasteiger partial charge in [0.05, 0.1) is 24.5 Å². The van der Waals surface area contributed by atoms with Gasteiger partial charge in [0.1, 0.15) is 23.9 Å². The van der Waals surface area contributed by atoms with Gasteiger partial charge in [-0.05, 0) is 50.5 Å². The molecule has 2 heterocycles. The van der Waals surface area contributed by atoms with E-state index in [2.05, 4.69) is 28.3 Å². The Morgan fingerprint density at radius 2 is 1.87 bits per heavy atom. The molecule has 0 atom stereocenters. The van der Waals surface area contributed by atoms with E-state index in [1.54, 1.807) is 7.11 Å². The second-order valence-corrected chi connectivity index (χ2v) is 8.12. The van der Waals surface area contributed by atoms with Gasteiger partial charge in [-0.3, -0.25) is 4.90 Å². The van der Waals surface area contributed by atoms with E-state index < -0.39 is 0 Å². The van der Waals surface area contributed by atoms with Crippen molar-refractivity contribution in [3.8, 4) is 22.6 Å². The van der Waals surface area contributed by atoms with Crippen LogP contribution in [-0.4, -0.2) is 41.5 Å². The van der Waals surface area contributed by atoms with Gasteiger partial charge in [0.25, 0.3) is 0 Å². The highest BCUT2D eigenvalue weighted by atomic mass is 16.5. The van der Waals surface area contributed by atoms with Crippen LogP contribution in [0.2, 0.25) is 0 Å². The number of hydrogen-bond acceptors (Lipinski definition) is 6. The fourth-order valence-electron chi connectivity index (χ4n) is 4.07. The van der Waals surface area contributed by atoms with Crippen LogP contribution in [0.1, 0.15) is 35.4 Å². The van der Waals surface area contributed by atoms with Gasteiger partial charge < -0.3 is 19.1 Å². The van der Waals surface area contributed by atoms with Crippen molar-refractivity contribution in [2.24, 2.45) is 0 Å². The van der Waals surface area contributed by atoms with Crippen LogP contribution in [0.4, 0.5) is 0 Å². The molecule has 4 rings (SSSR count). The predicted molar refractivity (Wildman–Crippen MR) is 119 cm³/mol. The summed E-state index contributed by atoms with van der Waals surface area (Å²) in [4.78, 5) is 2.37. The average Bonchev–Trinajstić information content (AvgIpc) is 3.11. The number of aliphatic hydroxyl groups is 1. The first kappa shape index (κ1) is 21.4. The number of aromatic nitrogens is 1. The minimum absolute atomic E-state index is 0.188. The van der Waals surface area contributed by atoms with Crippen LogP contribution in [0.5, 0.6) is 11.5 Å². The molecule has 3 aromatic rings. The molecule has 2 aromatic carbocycles. The highest BCUT2D eigenvalue weighted by molar-refractivity contribution is 5.71. The zero-order chi connectivity index (χ0) is 21.8. The molecule has 1 fully saturated rings. The van der Waals surface area contributed by atoms with Crippen molar-refractivity contribution in [3.05, 3.63) is 65.0 Å². The zero-order valence-corrected chi connectivity index (χ0v) is 18.4. The molecule has 6 nitrogen and oxygen atoms in total. The van der Waals surface area contributed by atoms with E-state index in [0.29, 0.717) is 6.61 Å². The molecular formula is C25H30N2O4. The Morgan fingerprint density at radius 3 is 2.58 bits per heavy atom. The Labute approximate surface area is 183 Å². The van der Waals surface area contributed by atoms with Gasteiger partial charge in [0.2, 0.25) is 0 Å². The number of hydrogen-bond donors (Lipinski definition) is 1. The normalized spacial score (nSPS) is 15.2. The molecule has 0 spiro atoms. The van der Waals surface area contributed by atoms with E-state index in [1.807, 2.05) is 38.1 Å². The van der Waals surface area contributed by atoms with Gasteiger partial charge in [-0.2, -0.15) is 0 Å². The fraction of sp³-hybridized carbons (Fsp3) is 0.400. The van der Waals surface area contributed by atoms with Crippen LogP contribution in [-0.2, 0) is 13.2 Å².